The SMILES string of the molecule is CCCN1c2ccc(/C=N/NC(=O)COc3ccc(Cl)cc3Cl)cc2C(C)CC1(C)C. The van der Waals surface area contributed by atoms with E-state index in [1.54, 1.807) is 24.4 Å². The zero-order valence-corrected chi connectivity index (χ0v) is 19.9. The molecule has 0 radical (unpaired) electrons. The van der Waals surface area contributed by atoms with Crippen molar-refractivity contribution in [2.45, 2.75) is 52.0 Å². The number of carbonyl (C=O) groups excluding carboxylic acids is 1. The minimum absolute atomic E-state index is 0.138. The Morgan fingerprint density at radius 2 is 2.06 bits per heavy atom. The molecule has 0 fully saturated rings. The number of halogens is 2. The van der Waals surface area contributed by atoms with Gasteiger partial charge in [0.25, 0.3) is 5.91 Å². The molecule has 31 heavy (non-hydrogen) atoms. The van der Waals surface area contributed by atoms with E-state index in [-0.39, 0.29) is 18.1 Å². The highest BCUT2D eigenvalue weighted by Gasteiger charge is 2.35. The van der Waals surface area contributed by atoms with Crippen LogP contribution in [-0.2, 0) is 4.79 Å². The van der Waals surface area contributed by atoms with Crippen molar-refractivity contribution in [1.29, 1.82) is 0 Å². The molecule has 0 aromatic heterocycles. The molecule has 1 N–H and O–H groups in total. The molecule has 1 amide bonds. The number of ether oxygens (including phenoxy) is 1. The van der Waals surface area contributed by atoms with Crippen LogP contribution in [0.2, 0.25) is 10.0 Å². The predicted molar refractivity (Wildman–Crippen MR) is 129 cm³/mol. The van der Waals surface area contributed by atoms with E-state index < -0.39 is 0 Å². The summed E-state index contributed by atoms with van der Waals surface area (Å²) in [6, 6.07) is 11.2. The molecule has 1 unspecified atom stereocenters. The second kappa shape index (κ2) is 9.92. The second-order valence-corrected chi connectivity index (χ2v) is 9.39. The van der Waals surface area contributed by atoms with Crippen molar-refractivity contribution in [2.75, 3.05) is 18.1 Å². The molecule has 7 heteroatoms. The van der Waals surface area contributed by atoms with Gasteiger partial charge in [-0.25, -0.2) is 5.43 Å². The van der Waals surface area contributed by atoms with E-state index in [0.717, 1.165) is 24.9 Å². The Labute approximate surface area is 194 Å². The van der Waals surface area contributed by atoms with Crippen LogP contribution in [0.25, 0.3) is 0 Å². The smallest absolute Gasteiger partial charge is 0.277 e. The maximum atomic E-state index is 12.0. The number of nitrogens with one attached hydrogen (secondary N) is 1. The van der Waals surface area contributed by atoms with Crippen molar-refractivity contribution in [1.82, 2.24) is 5.43 Å². The van der Waals surface area contributed by atoms with Gasteiger partial charge in [0.2, 0.25) is 0 Å². The van der Waals surface area contributed by atoms with E-state index in [2.05, 4.69) is 55.3 Å². The maximum Gasteiger partial charge on any atom is 0.277 e. The predicted octanol–water partition coefficient (Wildman–Crippen LogP) is 6.02. The van der Waals surface area contributed by atoms with Crippen LogP contribution < -0.4 is 15.1 Å². The summed E-state index contributed by atoms with van der Waals surface area (Å²) in [4.78, 5) is 14.5. The molecule has 2 aromatic carbocycles. The van der Waals surface area contributed by atoms with E-state index in [4.69, 9.17) is 27.9 Å². The third-order valence-corrected chi connectivity index (χ3v) is 6.04. The molecule has 5 nitrogen and oxygen atoms in total. The molecule has 2 aromatic rings. The van der Waals surface area contributed by atoms with Crippen LogP contribution in [0.15, 0.2) is 41.5 Å². The summed E-state index contributed by atoms with van der Waals surface area (Å²) in [7, 11) is 0. The first-order chi connectivity index (χ1) is 14.7. The highest BCUT2D eigenvalue weighted by atomic mass is 35.5. The quantitative estimate of drug-likeness (QED) is 0.404. The number of amides is 1. The van der Waals surface area contributed by atoms with Gasteiger partial charge in [-0.2, -0.15) is 5.10 Å². The summed E-state index contributed by atoms with van der Waals surface area (Å²) in [5.41, 5.74) is 6.19. The zero-order chi connectivity index (χ0) is 22.6. The Morgan fingerprint density at radius 1 is 1.29 bits per heavy atom. The number of carbonyl (C=O) groups is 1. The number of nitrogens with zero attached hydrogens (tertiary/aromatic N) is 2. The Kier molecular flexibility index (Phi) is 7.50. The van der Waals surface area contributed by atoms with Crippen LogP contribution in [0.1, 0.15) is 57.6 Å². The van der Waals surface area contributed by atoms with E-state index in [9.17, 15) is 4.79 Å². The van der Waals surface area contributed by atoms with Crippen LogP contribution >= 0.6 is 23.2 Å². The van der Waals surface area contributed by atoms with Crippen LogP contribution in [0.4, 0.5) is 5.69 Å². The van der Waals surface area contributed by atoms with Gasteiger partial charge in [0.15, 0.2) is 6.61 Å². The summed E-state index contributed by atoms with van der Waals surface area (Å²) in [6.45, 7) is 9.95. The Hall–Kier alpha value is -2.24. The fraction of sp³-hybridized carbons (Fsp3) is 0.417. The standard InChI is InChI=1S/C24H29Cl2N3O2/c1-5-10-29-21-8-6-17(11-19(21)16(2)13-24(29,3)4)14-27-28-23(30)15-31-22-9-7-18(25)12-20(22)26/h6-9,11-12,14,16H,5,10,13,15H2,1-4H3,(H,28,30)/b27-14+. The summed E-state index contributed by atoms with van der Waals surface area (Å²) >= 11 is 11.9. The van der Waals surface area contributed by atoms with Crippen molar-refractivity contribution < 1.29 is 9.53 Å². The fourth-order valence-corrected chi connectivity index (χ4v) is 4.65. The summed E-state index contributed by atoms with van der Waals surface area (Å²) in [6.07, 6.45) is 3.86. The van der Waals surface area contributed by atoms with Gasteiger partial charge in [0.05, 0.1) is 11.2 Å². The van der Waals surface area contributed by atoms with Crippen molar-refractivity contribution in [3.8, 4) is 5.75 Å². The molecule has 0 spiro atoms. The maximum absolute atomic E-state index is 12.0. The van der Waals surface area contributed by atoms with Crippen molar-refractivity contribution in [2.24, 2.45) is 5.10 Å². The lowest BCUT2D eigenvalue weighted by Gasteiger charge is -2.47. The molecular weight excluding hydrogens is 433 g/mol. The lowest BCUT2D eigenvalue weighted by molar-refractivity contribution is -0.123. The number of hydrazone groups is 1. The Morgan fingerprint density at radius 3 is 2.77 bits per heavy atom. The lowest BCUT2D eigenvalue weighted by Crippen LogP contribution is -2.48. The fourth-order valence-electron chi connectivity index (χ4n) is 4.18. The Bertz CT molecular complexity index is 975. The van der Waals surface area contributed by atoms with Gasteiger partial charge >= 0.3 is 0 Å². The van der Waals surface area contributed by atoms with E-state index in [0.29, 0.717) is 21.7 Å². The van der Waals surface area contributed by atoms with Crippen LogP contribution in [0.5, 0.6) is 5.75 Å². The van der Waals surface area contributed by atoms with Crippen molar-refractivity contribution in [3.05, 3.63) is 57.6 Å². The normalized spacial score (nSPS) is 17.5. The number of hydrogen-bond donors (Lipinski definition) is 1. The second-order valence-electron chi connectivity index (χ2n) is 8.54. The van der Waals surface area contributed by atoms with Crippen LogP contribution in [-0.4, -0.2) is 30.8 Å². The molecule has 0 bridgehead atoms. The molecule has 3 rings (SSSR count). The number of hydrogen-bond acceptors (Lipinski definition) is 4. The first-order valence-electron chi connectivity index (χ1n) is 10.5. The molecule has 1 atom stereocenters. The minimum Gasteiger partial charge on any atom is -0.482 e. The van der Waals surface area contributed by atoms with Gasteiger partial charge in [-0.05, 0) is 74.1 Å². The number of anilines is 1. The molecule has 1 aliphatic rings. The lowest BCUT2D eigenvalue weighted by atomic mass is 9.79. The molecule has 0 saturated heterocycles. The van der Waals surface area contributed by atoms with Gasteiger partial charge < -0.3 is 9.64 Å². The van der Waals surface area contributed by atoms with Gasteiger partial charge in [0, 0.05) is 22.8 Å². The molecule has 166 valence electrons. The third-order valence-electron chi connectivity index (χ3n) is 5.51. The van der Waals surface area contributed by atoms with Crippen LogP contribution in [0.3, 0.4) is 0 Å². The molecule has 0 saturated carbocycles. The van der Waals surface area contributed by atoms with Crippen molar-refractivity contribution in [3.63, 3.8) is 0 Å². The first kappa shape index (κ1) is 23.4. The van der Waals surface area contributed by atoms with E-state index >= 15 is 0 Å². The summed E-state index contributed by atoms with van der Waals surface area (Å²) < 4.78 is 5.42. The van der Waals surface area contributed by atoms with Gasteiger partial charge in [-0.3, -0.25) is 4.79 Å². The topological polar surface area (TPSA) is 53.9 Å². The van der Waals surface area contributed by atoms with Gasteiger partial charge in [-0.15, -0.1) is 0 Å². The van der Waals surface area contributed by atoms with Gasteiger partial charge in [-0.1, -0.05) is 43.1 Å². The summed E-state index contributed by atoms with van der Waals surface area (Å²) in [5, 5.41) is 4.94. The highest BCUT2D eigenvalue weighted by Crippen LogP contribution is 2.43. The number of benzene rings is 2. The van der Waals surface area contributed by atoms with Gasteiger partial charge in [0.1, 0.15) is 5.75 Å². The number of rotatable bonds is 7. The Balaban J connectivity index is 1.62. The molecule has 1 aliphatic heterocycles. The summed E-state index contributed by atoms with van der Waals surface area (Å²) in [5.74, 6) is 0.483. The monoisotopic (exact) mass is 461 g/mol. The zero-order valence-electron chi connectivity index (χ0n) is 18.4. The van der Waals surface area contributed by atoms with E-state index in [1.807, 2.05) is 6.07 Å². The first-order valence-corrected chi connectivity index (χ1v) is 11.3. The number of fused-ring (bicyclic) bond motifs is 1. The largest absolute Gasteiger partial charge is 0.482 e. The minimum atomic E-state index is -0.371. The van der Waals surface area contributed by atoms with E-state index in [1.165, 1.54) is 11.3 Å². The molecule has 1 heterocycles. The highest BCUT2D eigenvalue weighted by molar-refractivity contribution is 6.35. The molecular formula is C24H29Cl2N3O2. The van der Waals surface area contributed by atoms with Crippen molar-refractivity contribution >= 4 is 41.0 Å². The van der Waals surface area contributed by atoms with Crippen LogP contribution in [0, 0.1) is 0 Å². The average Bonchev–Trinajstić information content (AvgIpc) is 2.70. The average molecular weight is 462 g/mol. The third kappa shape index (κ3) is 5.72. The molecule has 0 aliphatic carbocycles.